The minimum Gasteiger partial charge on any atom is -0.361 e. The molecule has 0 bridgehead atoms. The topological polar surface area (TPSA) is 53.5 Å². The number of hydrogen-bond donors (Lipinski definition) is 0. The summed E-state index contributed by atoms with van der Waals surface area (Å²) in [5.41, 5.74) is 8.63. The number of nitrogens with zero attached hydrogens (tertiary/aromatic N) is 2. The smallest absolute Gasteiger partial charge is 0.333 e. The van der Waals surface area contributed by atoms with E-state index in [2.05, 4.69) is 4.79 Å². The quantitative estimate of drug-likeness (QED) is 0.329. The van der Waals surface area contributed by atoms with Gasteiger partial charge in [0.1, 0.15) is 11.3 Å². The Morgan fingerprint density at radius 2 is 2.45 bits per heavy atom. The highest BCUT2D eigenvalue weighted by Gasteiger charge is 2.16. The molecule has 0 aromatic carbocycles. The third-order valence-corrected chi connectivity index (χ3v) is 1.64. The Morgan fingerprint density at radius 3 is 2.91 bits per heavy atom. The minimum absolute atomic E-state index is 0.282. The van der Waals surface area contributed by atoms with Crippen LogP contribution in [0.3, 0.4) is 0 Å². The van der Waals surface area contributed by atoms with Crippen LogP contribution in [0.25, 0.3) is 5.53 Å². The van der Waals surface area contributed by atoms with E-state index in [0.717, 1.165) is 6.29 Å². The largest absolute Gasteiger partial charge is 0.361 e. The zero-order valence-electron chi connectivity index (χ0n) is 5.57. The van der Waals surface area contributed by atoms with Gasteiger partial charge in [0.15, 0.2) is 0 Å². The molecule has 0 saturated carbocycles. The van der Waals surface area contributed by atoms with Gasteiger partial charge in [0.25, 0.3) is 0 Å². The fraction of sp³-hybridized carbons (Fsp3) is 0.143. The molecule has 4 heteroatoms. The lowest BCUT2D eigenvalue weighted by molar-refractivity contribution is -0.108. The van der Waals surface area contributed by atoms with Gasteiger partial charge in [-0.15, -0.1) is 0 Å². The second-order valence-corrected chi connectivity index (χ2v) is 2.48. The van der Waals surface area contributed by atoms with Crippen LogP contribution in [-0.4, -0.2) is 16.8 Å². The van der Waals surface area contributed by atoms with Crippen LogP contribution < -0.4 is 0 Å². The second-order valence-electron chi connectivity index (χ2n) is 2.07. The summed E-state index contributed by atoms with van der Waals surface area (Å²) in [5, 5.41) is 0.298. The molecule has 0 aromatic heterocycles. The van der Waals surface area contributed by atoms with Crippen molar-refractivity contribution in [2.45, 2.75) is 0 Å². The average molecular weight is 169 g/mol. The van der Waals surface area contributed by atoms with E-state index in [4.69, 9.17) is 17.1 Å². The number of halogens is 1. The molecule has 0 aromatic rings. The Morgan fingerprint density at radius 1 is 1.73 bits per heavy atom. The Labute approximate surface area is 68.6 Å². The second kappa shape index (κ2) is 3.28. The van der Waals surface area contributed by atoms with Crippen molar-refractivity contribution in [3.8, 4) is 0 Å². The summed E-state index contributed by atoms with van der Waals surface area (Å²) in [4.78, 5) is 13.2. The van der Waals surface area contributed by atoms with E-state index in [9.17, 15) is 4.79 Å². The first-order chi connectivity index (χ1) is 5.27. The molecule has 56 valence electrons. The highest BCUT2D eigenvalue weighted by molar-refractivity contribution is 6.44. The molecular formula is C7H5ClN2O. The maximum absolute atomic E-state index is 10.2. The molecule has 0 heterocycles. The minimum atomic E-state index is -0.298. The molecule has 1 rings (SSSR count). The Kier molecular flexibility index (Phi) is 2.36. The predicted molar refractivity (Wildman–Crippen MR) is 41.3 cm³/mol. The van der Waals surface area contributed by atoms with Crippen molar-refractivity contribution in [1.82, 2.24) is 0 Å². The first-order valence-electron chi connectivity index (χ1n) is 3.01. The van der Waals surface area contributed by atoms with Crippen LogP contribution in [0, 0.1) is 5.92 Å². The van der Waals surface area contributed by atoms with Crippen molar-refractivity contribution >= 4 is 23.6 Å². The summed E-state index contributed by atoms with van der Waals surface area (Å²) in [6.45, 7) is 0. The molecule has 0 N–H and O–H groups in total. The maximum atomic E-state index is 10.2. The van der Waals surface area contributed by atoms with E-state index in [0.29, 0.717) is 5.03 Å². The first kappa shape index (κ1) is 7.92. The number of rotatable bonds is 1. The normalized spacial score (nSPS) is 22.5. The zero-order chi connectivity index (χ0) is 8.27. The summed E-state index contributed by atoms with van der Waals surface area (Å²) in [6.07, 6.45) is 5.38. The summed E-state index contributed by atoms with van der Waals surface area (Å²) in [6, 6.07) is 0. The number of carbonyl (C=O) groups excluding carboxylic acids is 1. The lowest BCUT2D eigenvalue weighted by Gasteiger charge is -2.00. The fourth-order valence-corrected chi connectivity index (χ4v) is 1.00. The predicted octanol–water partition coefficient (Wildman–Crippen LogP) is 1.16. The molecule has 0 amide bonds. The summed E-state index contributed by atoms with van der Waals surface area (Å²) in [7, 11) is 0. The molecule has 3 nitrogen and oxygen atoms in total. The highest BCUT2D eigenvalue weighted by atomic mass is 35.5. The van der Waals surface area contributed by atoms with E-state index in [1.54, 1.807) is 6.08 Å². The van der Waals surface area contributed by atoms with Crippen molar-refractivity contribution in [2.24, 2.45) is 5.92 Å². The molecule has 0 spiro atoms. The molecule has 11 heavy (non-hydrogen) atoms. The van der Waals surface area contributed by atoms with Crippen molar-refractivity contribution < 1.29 is 9.58 Å². The Balaban J connectivity index is 2.96. The van der Waals surface area contributed by atoms with Gasteiger partial charge in [-0.2, -0.15) is 4.79 Å². The van der Waals surface area contributed by atoms with Crippen LogP contribution in [0.4, 0.5) is 0 Å². The molecule has 1 aliphatic carbocycles. The number of aldehydes is 1. The summed E-state index contributed by atoms with van der Waals surface area (Å²) >= 11 is 5.62. The van der Waals surface area contributed by atoms with Crippen molar-refractivity contribution in [1.29, 1.82) is 0 Å². The molecule has 0 saturated heterocycles. The van der Waals surface area contributed by atoms with E-state index in [1.807, 2.05) is 0 Å². The fourth-order valence-electron chi connectivity index (χ4n) is 0.758. The van der Waals surface area contributed by atoms with E-state index < -0.39 is 0 Å². The van der Waals surface area contributed by atoms with Crippen molar-refractivity contribution in [3.05, 3.63) is 28.8 Å². The average Bonchev–Trinajstić information content (AvgIpc) is 2.04. The monoisotopic (exact) mass is 168 g/mol. The first-order valence-corrected chi connectivity index (χ1v) is 3.39. The van der Waals surface area contributed by atoms with E-state index in [1.165, 1.54) is 12.2 Å². The van der Waals surface area contributed by atoms with Crippen molar-refractivity contribution in [3.63, 3.8) is 0 Å². The lowest BCUT2D eigenvalue weighted by atomic mass is 10.0. The van der Waals surface area contributed by atoms with Gasteiger partial charge in [-0.05, 0) is 6.08 Å². The van der Waals surface area contributed by atoms with Gasteiger partial charge in [0, 0.05) is 6.08 Å². The summed E-state index contributed by atoms with van der Waals surface area (Å²) < 4.78 is 0. The maximum Gasteiger partial charge on any atom is 0.333 e. The standard InChI is InChI=1S/C7H5ClN2O/c8-6-3-5(4-11)1-2-7(6)10-9/h1-5H. The van der Waals surface area contributed by atoms with Gasteiger partial charge in [0.05, 0.1) is 5.92 Å². The molecular weight excluding hydrogens is 164 g/mol. The number of allylic oxidation sites excluding steroid dienone is 4. The molecule has 0 fully saturated rings. The van der Waals surface area contributed by atoms with Crippen LogP contribution in [-0.2, 0) is 4.79 Å². The zero-order valence-corrected chi connectivity index (χ0v) is 6.32. The van der Waals surface area contributed by atoms with Gasteiger partial charge in [-0.3, -0.25) is 0 Å². The number of carbonyl (C=O) groups is 1. The molecule has 0 radical (unpaired) electrons. The van der Waals surface area contributed by atoms with Gasteiger partial charge in [0.2, 0.25) is 0 Å². The molecule has 1 unspecified atom stereocenters. The van der Waals surface area contributed by atoms with Gasteiger partial charge < -0.3 is 10.3 Å². The van der Waals surface area contributed by atoms with E-state index >= 15 is 0 Å². The third-order valence-electron chi connectivity index (χ3n) is 1.32. The van der Waals surface area contributed by atoms with Crippen LogP contribution in [0.1, 0.15) is 0 Å². The molecule has 0 aliphatic heterocycles. The lowest BCUT2D eigenvalue weighted by Crippen LogP contribution is -2.06. The highest BCUT2D eigenvalue weighted by Crippen LogP contribution is 2.14. The van der Waals surface area contributed by atoms with Crippen LogP contribution >= 0.6 is 11.6 Å². The van der Waals surface area contributed by atoms with Crippen LogP contribution in [0.15, 0.2) is 23.3 Å². The Bertz CT molecular complexity index is 287. The van der Waals surface area contributed by atoms with E-state index in [-0.39, 0.29) is 11.6 Å². The SMILES string of the molecule is [N-]=[N+]=C1C=CC(C=O)C=C1Cl. The van der Waals surface area contributed by atoms with Gasteiger partial charge >= 0.3 is 5.71 Å². The number of hydrogen-bond acceptors (Lipinski definition) is 1. The third kappa shape index (κ3) is 1.64. The molecule has 1 aliphatic rings. The van der Waals surface area contributed by atoms with Gasteiger partial charge in [-0.25, -0.2) is 0 Å². The molecule has 1 atom stereocenters. The Hall–Kier alpha value is -1.18. The summed E-state index contributed by atoms with van der Waals surface area (Å²) in [5.74, 6) is -0.298. The van der Waals surface area contributed by atoms with Crippen molar-refractivity contribution in [2.75, 3.05) is 0 Å². The van der Waals surface area contributed by atoms with Crippen LogP contribution in [0.5, 0.6) is 0 Å². The van der Waals surface area contributed by atoms with Gasteiger partial charge in [-0.1, -0.05) is 17.7 Å². The van der Waals surface area contributed by atoms with Crippen LogP contribution in [0.2, 0.25) is 0 Å².